The number of hydrogen-bond donors (Lipinski definition) is 1. The summed E-state index contributed by atoms with van der Waals surface area (Å²) in [5, 5.41) is 5.47. The summed E-state index contributed by atoms with van der Waals surface area (Å²) in [6.07, 6.45) is 3.12. The minimum atomic E-state index is -0.384. The third-order valence-corrected chi connectivity index (χ3v) is 4.71. The van der Waals surface area contributed by atoms with Gasteiger partial charge in [0.25, 0.3) is 5.91 Å². The second-order valence-electron chi connectivity index (χ2n) is 4.80. The molecule has 0 saturated carbocycles. The van der Waals surface area contributed by atoms with E-state index in [2.05, 4.69) is 36.2 Å². The van der Waals surface area contributed by atoms with Gasteiger partial charge in [0.2, 0.25) is 5.76 Å². The van der Waals surface area contributed by atoms with Gasteiger partial charge in [-0.1, -0.05) is 6.07 Å². The first-order valence-electron chi connectivity index (χ1n) is 6.93. The highest BCUT2D eigenvalue weighted by Crippen LogP contribution is 2.28. The standard InChI is InChI=1S/C16H9BrN4O2S/c17-10-4-7-23-12(10)15(22)20-13-9-5-8-24-16(9)21-14(19-13)11-3-1-2-6-18-11/h1-8H,(H,19,20,21,22). The van der Waals surface area contributed by atoms with E-state index < -0.39 is 0 Å². The quantitative estimate of drug-likeness (QED) is 0.552. The van der Waals surface area contributed by atoms with Crippen molar-refractivity contribution in [2.75, 3.05) is 5.32 Å². The number of pyridine rings is 1. The Hall–Kier alpha value is -2.58. The predicted octanol–water partition coefficient (Wildman–Crippen LogP) is 4.36. The number of fused-ring (bicyclic) bond motifs is 1. The molecule has 1 N–H and O–H groups in total. The van der Waals surface area contributed by atoms with Crippen molar-refractivity contribution in [3.63, 3.8) is 0 Å². The van der Waals surface area contributed by atoms with Crippen molar-refractivity contribution in [3.8, 4) is 11.5 Å². The number of nitrogens with one attached hydrogen (secondary N) is 1. The highest BCUT2D eigenvalue weighted by Gasteiger charge is 2.18. The van der Waals surface area contributed by atoms with E-state index in [4.69, 9.17) is 4.42 Å². The van der Waals surface area contributed by atoms with Crippen LogP contribution in [0.25, 0.3) is 21.7 Å². The molecule has 8 heteroatoms. The molecule has 0 aliphatic rings. The molecule has 0 aromatic carbocycles. The number of aromatic nitrogens is 3. The molecule has 0 saturated heterocycles. The van der Waals surface area contributed by atoms with E-state index in [1.807, 2.05) is 29.6 Å². The van der Waals surface area contributed by atoms with E-state index in [0.29, 0.717) is 21.8 Å². The van der Waals surface area contributed by atoms with Crippen LogP contribution in [0.2, 0.25) is 0 Å². The van der Waals surface area contributed by atoms with Gasteiger partial charge in [0.15, 0.2) is 5.82 Å². The monoisotopic (exact) mass is 400 g/mol. The van der Waals surface area contributed by atoms with Gasteiger partial charge >= 0.3 is 0 Å². The molecule has 4 heterocycles. The summed E-state index contributed by atoms with van der Waals surface area (Å²) in [5.41, 5.74) is 0.641. The minimum Gasteiger partial charge on any atom is -0.458 e. The molecule has 0 bridgehead atoms. The molecule has 24 heavy (non-hydrogen) atoms. The van der Waals surface area contributed by atoms with Crippen LogP contribution in [0, 0.1) is 0 Å². The van der Waals surface area contributed by atoms with Gasteiger partial charge in [-0.25, -0.2) is 9.97 Å². The van der Waals surface area contributed by atoms with E-state index >= 15 is 0 Å². The first-order chi connectivity index (χ1) is 11.7. The molecule has 4 aromatic rings. The Balaban J connectivity index is 1.78. The maximum Gasteiger partial charge on any atom is 0.293 e. The van der Waals surface area contributed by atoms with Crippen LogP contribution in [-0.4, -0.2) is 20.9 Å². The van der Waals surface area contributed by atoms with Crippen LogP contribution in [0.3, 0.4) is 0 Å². The lowest BCUT2D eigenvalue weighted by Gasteiger charge is -2.07. The Morgan fingerprint density at radius 3 is 2.88 bits per heavy atom. The zero-order valence-corrected chi connectivity index (χ0v) is 14.5. The van der Waals surface area contributed by atoms with Crippen LogP contribution in [0.4, 0.5) is 5.82 Å². The van der Waals surface area contributed by atoms with Gasteiger partial charge < -0.3 is 9.73 Å². The van der Waals surface area contributed by atoms with Crippen LogP contribution in [0.15, 0.2) is 57.1 Å². The van der Waals surface area contributed by atoms with Gasteiger partial charge in [-0.2, -0.15) is 0 Å². The van der Waals surface area contributed by atoms with Crippen LogP contribution in [-0.2, 0) is 0 Å². The summed E-state index contributed by atoms with van der Waals surface area (Å²) in [6, 6.07) is 9.04. The second-order valence-corrected chi connectivity index (χ2v) is 6.55. The Labute approximate surface area is 148 Å². The summed E-state index contributed by atoms with van der Waals surface area (Å²) in [6.45, 7) is 0. The van der Waals surface area contributed by atoms with Crippen molar-refractivity contribution in [1.82, 2.24) is 15.0 Å². The van der Waals surface area contributed by atoms with Crippen molar-refractivity contribution < 1.29 is 9.21 Å². The van der Waals surface area contributed by atoms with Gasteiger partial charge in [0.05, 0.1) is 16.1 Å². The highest BCUT2D eigenvalue weighted by atomic mass is 79.9. The zero-order valence-electron chi connectivity index (χ0n) is 12.1. The van der Waals surface area contributed by atoms with Gasteiger partial charge in [0.1, 0.15) is 16.3 Å². The summed E-state index contributed by atoms with van der Waals surface area (Å²) in [5.74, 6) is 0.691. The SMILES string of the molecule is O=C(Nc1nc(-c2ccccn2)nc2sccc12)c1occc1Br. The maximum absolute atomic E-state index is 12.4. The lowest BCUT2D eigenvalue weighted by Crippen LogP contribution is -2.13. The second kappa shape index (κ2) is 6.14. The van der Waals surface area contributed by atoms with Crippen molar-refractivity contribution in [3.05, 3.63) is 58.4 Å². The Kier molecular flexibility index (Phi) is 3.83. The molecule has 4 aromatic heterocycles. The van der Waals surface area contributed by atoms with E-state index in [1.54, 1.807) is 12.3 Å². The van der Waals surface area contributed by atoms with Crippen LogP contribution in [0.1, 0.15) is 10.6 Å². The van der Waals surface area contributed by atoms with Gasteiger partial charge in [0, 0.05) is 6.20 Å². The number of carbonyl (C=O) groups excluding carboxylic acids is 1. The summed E-state index contributed by atoms with van der Waals surface area (Å²) < 4.78 is 5.78. The van der Waals surface area contributed by atoms with Crippen LogP contribution >= 0.6 is 27.3 Å². The summed E-state index contributed by atoms with van der Waals surface area (Å²) >= 11 is 4.75. The van der Waals surface area contributed by atoms with E-state index in [9.17, 15) is 4.79 Å². The number of amides is 1. The largest absolute Gasteiger partial charge is 0.458 e. The number of carbonyl (C=O) groups is 1. The molecular weight excluding hydrogens is 392 g/mol. The normalized spacial score (nSPS) is 10.9. The Morgan fingerprint density at radius 1 is 1.21 bits per heavy atom. The fraction of sp³-hybridized carbons (Fsp3) is 0. The Bertz CT molecular complexity index is 1030. The number of rotatable bonds is 3. The lowest BCUT2D eigenvalue weighted by molar-refractivity contribution is 0.0995. The zero-order chi connectivity index (χ0) is 16.5. The van der Waals surface area contributed by atoms with Crippen molar-refractivity contribution >= 4 is 49.2 Å². The fourth-order valence-electron chi connectivity index (χ4n) is 2.18. The molecule has 1 amide bonds. The Morgan fingerprint density at radius 2 is 2.12 bits per heavy atom. The number of furan rings is 1. The molecule has 4 rings (SSSR count). The number of thiophene rings is 1. The van der Waals surface area contributed by atoms with Gasteiger partial charge in [-0.15, -0.1) is 11.3 Å². The number of halogens is 1. The number of anilines is 1. The fourth-order valence-corrected chi connectivity index (χ4v) is 3.33. The molecular formula is C16H9BrN4O2S. The van der Waals surface area contributed by atoms with E-state index in [0.717, 1.165) is 10.2 Å². The van der Waals surface area contributed by atoms with Gasteiger partial charge in [-0.3, -0.25) is 9.78 Å². The molecule has 0 unspecified atom stereocenters. The number of nitrogens with zero attached hydrogens (tertiary/aromatic N) is 3. The van der Waals surface area contributed by atoms with Crippen LogP contribution < -0.4 is 5.32 Å². The average molecular weight is 401 g/mol. The summed E-state index contributed by atoms with van der Waals surface area (Å²) in [7, 11) is 0. The third kappa shape index (κ3) is 2.70. The molecule has 0 atom stereocenters. The first-order valence-corrected chi connectivity index (χ1v) is 8.60. The summed E-state index contributed by atoms with van der Waals surface area (Å²) in [4.78, 5) is 26.4. The van der Waals surface area contributed by atoms with Crippen molar-refractivity contribution in [1.29, 1.82) is 0 Å². The molecule has 0 fully saturated rings. The third-order valence-electron chi connectivity index (χ3n) is 3.27. The predicted molar refractivity (Wildman–Crippen MR) is 95.0 cm³/mol. The molecule has 0 radical (unpaired) electrons. The number of hydrogen-bond acceptors (Lipinski definition) is 6. The average Bonchev–Trinajstić information content (AvgIpc) is 3.24. The molecule has 6 nitrogen and oxygen atoms in total. The van der Waals surface area contributed by atoms with Crippen molar-refractivity contribution in [2.24, 2.45) is 0 Å². The van der Waals surface area contributed by atoms with Crippen LogP contribution in [0.5, 0.6) is 0 Å². The van der Waals surface area contributed by atoms with Crippen molar-refractivity contribution in [2.45, 2.75) is 0 Å². The molecule has 0 aliphatic carbocycles. The molecule has 118 valence electrons. The maximum atomic E-state index is 12.4. The van der Waals surface area contributed by atoms with E-state index in [1.165, 1.54) is 17.6 Å². The van der Waals surface area contributed by atoms with Gasteiger partial charge in [-0.05, 0) is 45.6 Å². The highest BCUT2D eigenvalue weighted by molar-refractivity contribution is 9.10. The molecule has 0 aliphatic heterocycles. The first kappa shape index (κ1) is 15.0. The van der Waals surface area contributed by atoms with E-state index in [-0.39, 0.29) is 11.7 Å². The smallest absolute Gasteiger partial charge is 0.293 e. The lowest BCUT2D eigenvalue weighted by atomic mass is 10.3. The topological polar surface area (TPSA) is 80.9 Å². The minimum absolute atomic E-state index is 0.191. The molecule has 0 spiro atoms.